The number of aromatic nitrogens is 1. The van der Waals surface area contributed by atoms with Crippen LogP contribution >= 0.6 is 0 Å². The smallest absolute Gasteiger partial charge is 0.266 e. The van der Waals surface area contributed by atoms with Crippen LogP contribution in [0.3, 0.4) is 0 Å². The van der Waals surface area contributed by atoms with Crippen molar-refractivity contribution >= 4 is 5.91 Å². The molecule has 0 aromatic carbocycles. The zero-order valence-electron chi connectivity index (χ0n) is 12.3. The van der Waals surface area contributed by atoms with E-state index in [0.717, 1.165) is 31.4 Å². The van der Waals surface area contributed by atoms with Gasteiger partial charge in [-0.1, -0.05) is 0 Å². The molecule has 6 nitrogen and oxygen atoms in total. The van der Waals surface area contributed by atoms with Gasteiger partial charge in [-0.15, -0.1) is 0 Å². The predicted octanol–water partition coefficient (Wildman–Crippen LogP) is 0.355. The van der Waals surface area contributed by atoms with E-state index in [9.17, 15) is 4.79 Å². The molecule has 2 aliphatic rings. The Morgan fingerprint density at radius 1 is 1.33 bits per heavy atom. The molecule has 1 unspecified atom stereocenters. The summed E-state index contributed by atoms with van der Waals surface area (Å²) < 4.78 is 0. The van der Waals surface area contributed by atoms with E-state index in [2.05, 4.69) is 20.2 Å². The lowest BCUT2D eigenvalue weighted by Crippen LogP contribution is -2.36. The summed E-state index contributed by atoms with van der Waals surface area (Å²) >= 11 is 0. The molecule has 1 amide bonds. The number of nitrogens with two attached hydrogens (primary N) is 1. The highest BCUT2D eigenvalue weighted by molar-refractivity contribution is 5.93. The molecule has 1 aromatic rings. The second kappa shape index (κ2) is 6.51. The third kappa shape index (κ3) is 3.40. The Morgan fingerprint density at radius 3 is 2.95 bits per heavy atom. The van der Waals surface area contributed by atoms with Gasteiger partial charge in [0, 0.05) is 25.3 Å². The maximum Gasteiger partial charge on any atom is 0.266 e. The molecule has 3 heterocycles. The van der Waals surface area contributed by atoms with Crippen molar-refractivity contribution in [2.45, 2.75) is 31.8 Å². The number of fused-ring (bicyclic) bond motifs is 1. The van der Waals surface area contributed by atoms with Crippen LogP contribution in [0.4, 0.5) is 0 Å². The van der Waals surface area contributed by atoms with Crippen molar-refractivity contribution in [3.05, 3.63) is 29.6 Å². The van der Waals surface area contributed by atoms with Gasteiger partial charge in [-0.05, 0) is 51.0 Å². The molecular weight excluding hydrogens is 266 g/mol. The third-order valence-corrected chi connectivity index (χ3v) is 4.49. The van der Waals surface area contributed by atoms with Crippen molar-refractivity contribution in [1.29, 1.82) is 0 Å². The zero-order valence-corrected chi connectivity index (χ0v) is 12.3. The van der Waals surface area contributed by atoms with Gasteiger partial charge in [-0.25, -0.2) is 5.84 Å². The number of nitrogens with zero attached hydrogens (tertiary/aromatic N) is 3. The molecular formula is C15H23N5O. The van der Waals surface area contributed by atoms with Crippen molar-refractivity contribution in [3.8, 4) is 0 Å². The van der Waals surface area contributed by atoms with Gasteiger partial charge in [-0.3, -0.25) is 25.0 Å². The van der Waals surface area contributed by atoms with Gasteiger partial charge in [0.05, 0.1) is 11.3 Å². The summed E-state index contributed by atoms with van der Waals surface area (Å²) in [5.74, 6) is 4.82. The van der Waals surface area contributed by atoms with Gasteiger partial charge in [0.15, 0.2) is 0 Å². The summed E-state index contributed by atoms with van der Waals surface area (Å²) in [5.41, 5.74) is 3.63. The van der Waals surface area contributed by atoms with Crippen molar-refractivity contribution < 1.29 is 4.79 Å². The van der Waals surface area contributed by atoms with Crippen LogP contribution in [0.1, 0.15) is 35.3 Å². The lowest BCUT2D eigenvalue weighted by Gasteiger charge is -2.25. The molecule has 6 heteroatoms. The average molecular weight is 289 g/mol. The molecule has 2 saturated heterocycles. The van der Waals surface area contributed by atoms with E-state index >= 15 is 0 Å². The largest absolute Gasteiger partial charge is 0.299 e. The Hall–Kier alpha value is -1.50. The van der Waals surface area contributed by atoms with E-state index in [4.69, 9.17) is 5.84 Å². The van der Waals surface area contributed by atoms with Crippen LogP contribution in [0.25, 0.3) is 0 Å². The van der Waals surface area contributed by atoms with Crippen LogP contribution in [0.2, 0.25) is 0 Å². The minimum Gasteiger partial charge on any atom is -0.299 e. The summed E-state index contributed by atoms with van der Waals surface area (Å²) in [6.07, 6.45) is 5.47. The van der Waals surface area contributed by atoms with E-state index in [-0.39, 0.29) is 5.91 Å². The number of nitrogens with one attached hydrogen (secondary N) is 1. The standard InChI is InChI=1S/C15H23N5O/c16-18-15(21)12-4-5-13(17-9-12)10-19-6-2-8-20-7-1-3-14(20)11-19/h4-5,9,14H,1-3,6-8,10-11,16H2,(H,18,21). The fraction of sp³-hybridized carbons (Fsp3) is 0.600. The van der Waals surface area contributed by atoms with Crippen LogP contribution in [-0.4, -0.2) is 52.9 Å². The second-order valence-corrected chi connectivity index (χ2v) is 5.93. The molecule has 0 saturated carbocycles. The fourth-order valence-corrected chi connectivity index (χ4v) is 3.39. The quantitative estimate of drug-likeness (QED) is 0.477. The summed E-state index contributed by atoms with van der Waals surface area (Å²) in [6, 6.07) is 4.42. The highest BCUT2D eigenvalue weighted by Gasteiger charge is 2.28. The Balaban J connectivity index is 1.61. The number of hydrogen-bond donors (Lipinski definition) is 2. The first-order chi connectivity index (χ1) is 10.3. The Kier molecular flexibility index (Phi) is 4.48. The number of hydrazine groups is 1. The number of carbonyl (C=O) groups is 1. The monoisotopic (exact) mass is 289 g/mol. The Labute approximate surface area is 125 Å². The number of carbonyl (C=O) groups excluding carboxylic acids is 1. The van der Waals surface area contributed by atoms with Crippen molar-refractivity contribution in [3.63, 3.8) is 0 Å². The first-order valence-corrected chi connectivity index (χ1v) is 7.68. The SMILES string of the molecule is NNC(=O)c1ccc(CN2CCCN3CCCC3C2)nc1. The van der Waals surface area contributed by atoms with Crippen LogP contribution in [0.5, 0.6) is 0 Å². The van der Waals surface area contributed by atoms with E-state index < -0.39 is 0 Å². The predicted molar refractivity (Wildman–Crippen MR) is 80.4 cm³/mol. The molecule has 0 spiro atoms. The molecule has 21 heavy (non-hydrogen) atoms. The molecule has 0 aliphatic carbocycles. The van der Waals surface area contributed by atoms with E-state index in [1.54, 1.807) is 12.3 Å². The number of nitrogen functional groups attached to an aromatic ring is 1. The molecule has 0 radical (unpaired) electrons. The first-order valence-electron chi connectivity index (χ1n) is 7.68. The topological polar surface area (TPSA) is 74.5 Å². The van der Waals surface area contributed by atoms with Gasteiger partial charge < -0.3 is 0 Å². The fourth-order valence-electron chi connectivity index (χ4n) is 3.39. The second-order valence-electron chi connectivity index (χ2n) is 5.93. The first kappa shape index (κ1) is 14.4. The molecule has 2 fully saturated rings. The normalized spacial score (nSPS) is 23.6. The molecule has 3 rings (SSSR count). The Morgan fingerprint density at radius 2 is 2.19 bits per heavy atom. The lowest BCUT2D eigenvalue weighted by molar-refractivity contribution is 0.0953. The zero-order chi connectivity index (χ0) is 14.7. The number of hydrogen-bond acceptors (Lipinski definition) is 5. The van der Waals surface area contributed by atoms with Crippen LogP contribution < -0.4 is 11.3 Å². The molecule has 3 N–H and O–H groups in total. The summed E-state index contributed by atoms with van der Waals surface area (Å²) in [6.45, 7) is 5.60. The number of rotatable bonds is 3. The van der Waals surface area contributed by atoms with Gasteiger partial charge in [0.2, 0.25) is 0 Å². The molecule has 1 atom stereocenters. The molecule has 114 valence electrons. The van der Waals surface area contributed by atoms with Crippen LogP contribution in [-0.2, 0) is 6.54 Å². The van der Waals surface area contributed by atoms with Gasteiger partial charge in [0.25, 0.3) is 5.91 Å². The number of pyridine rings is 1. The van der Waals surface area contributed by atoms with Gasteiger partial charge in [0.1, 0.15) is 0 Å². The molecule has 1 aromatic heterocycles. The van der Waals surface area contributed by atoms with Crippen molar-refractivity contribution in [2.75, 3.05) is 26.2 Å². The van der Waals surface area contributed by atoms with Crippen LogP contribution in [0.15, 0.2) is 18.3 Å². The van der Waals surface area contributed by atoms with Crippen LogP contribution in [0, 0.1) is 0 Å². The minimum absolute atomic E-state index is 0.301. The van der Waals surface area contributed by atoms with Gasteiger partial charge >= 0.3 is 0 Å². The minimum atomic E-state index is -0.301. The van der Waals surface area contributed by atoms with E-state index in [1.807, 2.05) is 6.07 Å². The van der Waals surface area contributed by atoms with E-state index in [0.29, 0.717) is 5.56 Å². The average Bonchev–Trinajstić information content (AvgIpc) is 2.86. The number of amides is 1. The Bertz CT molecular complexity index is 489. The van der Waals surface area contributed by atoms with Crippen molar-refractivity contribution in [1.82, 2.24) is 20.2 Å². The summed E-state index contributed by atoms with van der Waals surface area (Å²) in [5, 5.41) is 0. The highest BCUT2D eigenvalue weighted by Crippen LogP contribution is 2.22. The maximum absolute atomic E-state index is 11.4. The summed E-state index contributed by atoms with van der Waals surface area (Å²) in [7, 11) is 0. The third-order valence-electron chi connectivity index (χ3n) is 4.49. The van der Waals surface area contributed by atoms with Crippen molar-refractivity contribution in [2.24, 2.45) is 5.84 Å². The molecule has 0 bridgehead atoms. The maximum atomic E-state index is 11.4. The van der Waals surface area contributed by atoms with Gasteiger partial charge in [-0.2, -0.15) is 0 Å². The molecule has 2 aliphatic heterocycles. The lowest BCUT2D eigenvalue weighted by atomic mass is 10.2. The van der Waals surface area contributed by atoms with E-state index in [1.165, 1.54) is 32.4 Å². The summed E-state index contributed by atoms with van der Waals surface area (Å²) in [4.78, 5) is 20.9. The highest BCUT2D eigenvalue weighted by atomic mass is 16.2.